The van der Waals surface area contributed by atoms with Crippen LogP contribution in [-0.4, -0.2) is 0 Å². The van der Waals surface area contributed by atoms with Crippen molar-refractivity contribution in [2.24, 2.45) is 0 Å². The molecule has 0 radical (unpaired) electrons. The lowest BCUT2D eigenvalue weighted by molar-refractivity contribution is 0.670. The van der Waals surface area contributed by atoms with Crippen molar-refractivity contribution in [3.05, 3.63) is 69.8 Å². The molecule has 22 heavy (non-hydrogen) atoms. The fraction of sp³-hybridized carbons (Fsp3) is 0.455. The summed E-state index contributed by atoms with van der Waals surface area (Å²) >= 11 is 0. The van der Waals surface area contributed by atoms with Crippen molar-refractivity contribution in [1.29, 1.82) is 0 Å². The molecule has 0 N–H and O–H groups in total. The molecule has 0 heterocycles. The van der Waals surface area contributed by atoms with Crippen molar-refractivity contribution < 1.29 is 0 Å². The van der Waals surface area contributed by atoms with Crippen LogP contribution in [0.25, 0.3) is 0 Å². The summed E-state index contributed by atoms with van der Waals surface area (Å²) in [5.74, 6) is 0. The Bertz CT molecular complexity index is 606. The minimum absolute atomic E-state index is 1.22. The smallest absolute Gasteiger partial charge is 0.0235 e. The van der Waals surface area contributed by atoms with Gasteiger partial charge >= 0.3 is 0 Å². The van der Waals surface area contributed by atoms with E-state index in [1.807, 2.05) is 0 Å². The lowest BCUT2D eigenvalue weighted by Crippen LogP contribution is -2.09. The second-order valence-corrected chi connectivity index (χ2v) is 7.02. The summed E-state index contributed by atoms with van der Waals surface area (Å²) in [6.45, 7) is 0. The Hall–Kier alpha value is -1.56. The Labute approximate surface area is 134 Å². The number of rotatable bonds is 3. The van der Waals surface area contributed by atoms with Crippen LogP contribution in [-0.2, 0) is 38.5 Å². The maximum Gasteiger partial charge on any atom is -0.0235 e. The number of aryl methyl sites for hydroxylation is 4. The van der Waals surface area contributed by atoms with E-state index in [2.05, 4.69) is 36.4 Å². The number of fused-ring (bicyclic) bond motifs is 2. The van der Waals surface area contributed by atoms with E-state index >= 15 is 0 Å². The van der Waals surface area contributed by atoms with Crippen LogP contribution in [0.3, 0.4) is 0 Å². The van der Waals surface area contributed by atoms with Crippen LogP contribution in [0.4, 0.5) is 0 Å². The average Bonchev–Trinajstić information content (AvgIpc) is 2.60. The van der Waals surface area contributed by atoms with E-state index in [4.69, 9.17) is 0 Å². The average molecular weight is 290 g/mol. The molecule has 0 aliphatic heterocycles. The van der Waals surface area contributed by atoms with Crippen molar-refractivity contribution in [2.45, 2.75) is 64.2 Å². The topological polar surface area (TPSA) is 0 Å². The van der Waals surface area contributed by atoms with Crippen LogP contribution >= 0.6 is 0 Å². The molecule has 0 amide bonds. The maximum atomic E-state index is 2.37. The van der Waals surface area contributed by atoms with Crippen LogP contribution in [0.1, 0.15) is 59.1 Å². The molecular weight excluding hydrogens is 264 g/mol. The molecule has 114 valence electrons. The van der Waals surface area contributed by atoms with E-state index in [0.29, 0.717) is 0 Å². The lowest BCUT2D eigenvalue weighted by atomic mass is 9.84. The molecule has 0 aromatic heterocycles. The highest BCUT2D eigenvalue weighted by atomic mass is 14.2. The first-order valence-electron chi connectivity index (χ1n) is 9.11. The summed E-state index contributed by atoms with van der Waals surface area (Å²) in [6, 6.07) is 14.0. The molecule has 0 atom stereocenters. The molecule has 2 aromatic carbocycles. The fourth-order valence-electron chi connectivity index (χ4n) is 4.46. The standard InChI is InChI=1S/C22H26/c1-3-13-21-17(7-1)9-5-11-19(21)15-16-20-12-6-10-18-8-2-4-14-22(18)20/h5-6,9-12H,1-4,7-8,13-16H2. The number of hydrogen-bond donors (Lipinski definition) is 0. The molecule has 2 aliphatic rings. The number of hydrogen-bond acceptors (Lipinski definition) is 0. The van der Waals surface area contributed by atoms with E-state index in [1.165, 1.54) is 64.2 Å². The molecule has 0 saturated heterocycles. The second-order valence-electron chi connectivity index (χ2n) is 7.02. The molecule has 4 rings (SSSR count). The van der Waals surface area contributed by atoms with Gasteiger partial charge in [-0.15, -0.1) is 0 Å². The Kier molecular flexibility index (Phi) is 4.01. The highest BCUT2D eigenvalue weighted by molar-refractivity contribution is 5.40. The van der Waals surface area contributed by atoms with Gasteiger partial charge in [-0.05, 0) is 97.6 Å². The summed E-state index contributed by atoms with van der Waals surface area (Å²) < 4.78 is 0. The van der Waals surface area contributed by atoms with Crippen LogP contribution in [0, 0.1) is 0 Å². The third kappa shape index (κ3) is 2.72. The van der Waals surface area contributed by atoms with Gasteiger partial charge in [0.05, 0.1) is 0 Å². The van der Waals surface area contributed by atoms with Gasteiger partial charge in [0, 0.05) is 0 Å². The van der Waals surface area contributed by atoms with Crippen LogP contribution in [0.2, 0.25) is 0 Å². The van der Waals surface area contributed by atoms with Gasteiger partial charge in [-0.1, -0.05) is 36.4 Å². The van der Waals surface area contributed by atoms with Crippen molar-refractivity contribution in [1.82, 2.24) is 0 Å². The SMILES string of the molecule is c1cc2c(c(CCc3cccc4c3CCCC4)c1)CCCC2. The monoisotopic (exact) mass is 290 g/mol. The molecule has 0 unspecified atom stereocenters. The minimum Gasteiger partial charge on any atom is -0.0617 e. The molecule has 0 fully saturated rings. The van der Waals surface area contributed by atoms with Crippen molar-refractivity contribution in [3.63, 3.8) is 0 Å². The van der Waals surface area contributed by atoms with Crippen LogP contribution in [0.15, 0.2) is 36.4 Å². The molecule has 0 nitrogen and oxygen atoms in total. The second kappa shape index (κ2) is 6.28. The quantitative estimate of drug-likeness (QED) is 0.726. The van der Waals surface area contributed by atoms with Gasteiger partial charge in [-0.2, -0.15) is 0 Å². The van der Waals surface area contributed by atoms with Gasteiger partial charge in [0.2, 0.25) is 0 Å². The summed E-state index contributed by atoms with van der Waals surface area (Å²) in [5.41, 5.74) is 9.84. The first kappa shape index (κ1) is 14.1. The summed E-state index contributed by atoms with van der Waals surface area (Å²) in [7, 11) is 0. The normalized spacial score (nSPS) is 16.9. The summed E-state index contributed by atoms with van der Waals surface area (Å²) in [5, 5.41) is 0. The zero-order chi connectivity index (χ0) is 14.8. The zero-order valence-electron chi connectivity index (χ0n) is 13.5. The van der Waals surface area contributed by atoms with E-state index in [1.54, 1.807) is 33.4 Å². The van der Waals surface area contributed by atoms with Crippen molar-refractivity contribution in [2.75, 3.05) is 0 Å². The molecule has 2 aromatic rings. The number of benzene rings is 2. The third-order valence-corrected chi connectivity index (χ3v) is 5.65. The Balaban J connectivity index is 1.56. The van der Waals surface area contributed by atoms with Gasteiger partial charge in [0.15, 0.2) is 0 Å². The lowest BCUT2D eigenvalue weighted by Gasteiger charge is -2.21. The Morgan fingerprint density at radius 1 is 0.545 bits per heavy atom. The van der Waals surface area contributed by atoms with Gasteiger partial charge < -0.3 is 0 Å². The fourth-order valence-corrected chi connectivity index (χ4v) is 4.46. The van der Waals surface area contributed by atoms with E-state index in [-0.39, 0.29) is 0 Å². The molecule has 0 saturated carbocycles. The first-order valence-corrected chi connectivity index (χ1v) is 9.11. The maximum absolute atomic E-state index is 2.37. The molecule has 0 bridgehead atoms. The van der Waals surface area contributed by atoms with E-state index in [9.17, 15) is 0 Å². The third-order valence-electron chi connectivity index (χ3n) is 5.65. The summed E-state index contributed by atoms with van der Waals surface area (Å²) in [4.78, 5) is 0. The largest absolute Gasteiger partial charge is 0.0617 e. The first-order chi connectivity index (χ1) is 10.9. The highest BCUT2D eigenvalue weighted by Gasteiger charge is 2.15. The van der Waals surface area contributed by atoms with E-state index in [0.717, 1.165) is 0 Å². The predicted molar refractivity (Wildman–Crippen MR) is 93.6 cm³/mol. The molecule has 2 aliphatic carbocycles. The zero-order valence-corrected chi connectivity index (χ0v) is 13.5. The van der Waals surface area contributed by atoms with Crippen molar-refractivity contribution >= 4 is 0 Å². The van der Waals surface area contributed by atoms with Crippen LogP contribution < -0.4 is 0 Å². The van der Waals surface area contributed by atoms with Gasteiger partial charge in [0.25, 0.3) is 0 Å². The van der Waals surface area contributed by atoms with Crippen molar-refractivity contribution in [3.8, 4) is 0 Å². The minimum atomic E-state index is 1.22. The van der Waals surface area contributed by atoms with Gasteiger partial charge in [-0.3, -0.25) is 0 Å². The van der Waals surface area contributed by atoms with Crippen LogP contribution in [0.5, 0.6) is 0 Å². The highest BCUT2D eigenvalue weighted by Crippen LogP contribution is 2.28. The molecular formula is C22H26. The van der Waals surface area contributed by atoms with Gasteiger partial charge in [0.1, 0.15) is 0 Å². The Morgan fingerprint density at radius 3 is 1.50 bits per heavy atom. The summed E-state index contributed by atoms with van der Waals surface area (Å²) in [6.07, 6.45) is 13.2. The Morgan fingerprint density at radius 2 is 1.00 bits per heavy atom. The molecule has 0 spiro atoms. The molecule has 0 heteroatoms. The predicted octanol–water partition coefficient (Wildman–Crippen LogP) is 5.23. The van der Waals surface area contributed by atoms with Gasteiger partial charge in [-0.25, -0.2) is 0 Å². The van der Waals surface area contributed by atoms with E-state index < -0.39 is 0 Å².